The first-order valence-electron chi connectivity index (χ1n) is 3.17. The Balaban J connectivity index is 2.84. The predicted octanol–water partition coefficient (Wildman–Crippen LogP) is 0.879. The van der Waals surface area contributed by atoms with Crippen LogP contribution in [0.5, 0.6) is 0 Å². The van der Waals surface area contributed by atoms with Crippen molar-refractivity contribution >= 4 is 17.2 Å². The second-order valence-electron chi connectivity index (χ2n) is 2.28. The van der Waals surface area contributed by atoms with E-state index in [0.717, 1.165) is 10.7 Å². The van der Waals surface area contributed by atoms with E-state index >= 15 is 0 Å². The molecule has 59 valence electrons. The molecule has 0 aliphatic rings. The lowest BCUT2D eigenvalue weighted by Crippen LogP contribution is -2.19. The Labute approximate surface area is 69.3 Å². The summed E-state index contributed by atoms with van der Waals surface area (Å²) in [6.07, 6.45) is 0. The number of aromatic nitrogens is 1. The van der Waals surface area contributed by atoms with Crippen LogP contribution in [-0.4, -0.2) is 10.9 Å². The molecule has 0 unspecified atom stereocenters. The highest BCUT2D eigenvalue weighted by molar-refractivity contribution is 7.10. The van der Waals surface area contributed by atoms with Crippen LogP contribution in [0.25, 0.3) is 0 Å². The molecule has 11 heavy (non-hydrogen) atoms. The maximum Gasteiger partial charge on any atom is 0.231 e. The van der Waals surface area contributed by atoms with Gasteiger partial charge in [0.2, 0.25) is 5.91 Å². The molecule has 2 N–H and O–H groups in total. The molecule has 1 radical (unpaired) electrons. The van der Waals surface area contributed by atoms with Crippen LogP contribution in [0.1, 0.15) is 17.6 Å². The Morgan fingerprint density at radius 2 is 2.36 bits per heavy atom. The fourth-order valence-corrected chi connectivity index (χ4v) is 1.44. The number of rotatable bonds is 2. The van der Waals surface area contributed by atoms with Gasteiger partial charge >= 0.3 is 0 Å². The van der Waals surface area contributed by atoms with Crippen LogP contribution in [-0.2, 0) is 4.79 Å². The van der Waals surface area contributed by atoms with Crippen LogP contribution >= 0.6 is 11.3 Å². The summed E-state index contributed by atoms with van der Waals surface area (Å²) in [4.78, 5) is 14.8. The molecule has 0 aliphatic carbocycles. The summed E-state index contributed by atoms with van der Waals surface area (Å²) in [5.41, 5.74) is 5.99. The molecular formula is C7H9N2OS. The second kappa shape index (κ2) is 3.00. The molecule has 1 aromatic heterocycles. The lowest BCUT2D eigenvalue weighted by Gasteiger charge is -1.98. The van der Waals surface area contributed by atoms with Crippen molar-refractivity contribution < 1.29 is 4.79 Å². The van der Waals surface area contributed by atoms with Gasteiger partial charge in [0.15, 0.2) is 0 Å². The van der Waals surface area contributed by atoms with Gasteiger partial charge in [0.25, 0.3) is 0 Å². The molecule has 0 aromatic carbocycles. The van der Waals surface area contributed by atoms with Crippen molar-refractivity contribution in [1.82, 2.24) is 4.98 Å². The zero-order chi connectivity index (χ0) is 8.43. The van der Waals surface area contributed by atoms with Gasteiger partial charge in [-0.05, 0) is 13.8 Å². The molecule has 1 heterocycles. The number of thiazole rings is 1. The molecule has 4 heteroatoms. The minimum Gasteiger partial charge on any atom is -0.369 e. The summed E-state index contributed by atoms with van der Waals surface area (Å²) >= 11 is 1.44. The minimum atomic E-state index is -0.403. The first-order chi connectivity index (χ1) is 5.11. The largest absolute Gasteiger partial charge is 0.369 e. The summed E-state index contributed by atoms with van der Waals surface area (Å²) in [5, 5.41) is 2.61. The number of hydrogen-bond acceptors (Lipinski definition) is 3. The van der Waals surface area contributed by atoms with Crippen LogP contribution < -0.4 is 5.73 Å². The van der Waals surface area contributed by atoms with Crippen molar-refractivity contribution in [2.24, 2.45) is 5.73 Å². The molecule has 0 aliphatic heterocycles. The zero-order valence-electron chi connectivity index (χ0n) is 6.42. The van der Waals surface area contributed by atoms with Gasteiger partial charge in [0.1, 0.15) is 10.9 Å². The molecule has 0 spiro atoms. The number of carbonyl (C=O) groups excluding carboxylic acids is 1. The topological polar surface area (TPSA) is 56.0 Å². The number of aryl methyl sites for hydroxylation is 1. The van der Waals surface area contributed by atoms with Crippen LogP contribution in [0.3, 0.4) is 0 Å². The molecule has 0 bridgehead atoms. The monoisotopic (exact) mass is 169 g/mol. The van der Waals surface area contributed by atoms with E-state index in [1.54, 1.807) is 6.92 Å². The van der Waals surface area contributed by atoms with Gasteiger partial charge in [-0.1, -0.05) is 0 Å². The lowest BCUT2D eigenvalue weighted by molar-refractivity contribution is -0.115. The molecular weight excluding hydrogens is 160 g/mol. The first-order valence-corrected chi connectivity index (χ1v) is 4.05. The highest BCUT2D eigenvalue weighted by Crippen LogP contribution is 2.17. The van der Waals surface area contributed by atoms with Crippen molar-refractivity contribution in [3.05, 3.63) is 22.0 Å². The smallest absolute Gasteiger partial charge is 0.231 e. The van der Waals surface area contributed by atoms with Gasteiger partial charge in [-0.25, -0.2) is 4.98 Å². The third-order valence-corrected chi connectivity index (χ3v) is 2.39. The quantitative estimate of drug-likeness (QED) is 0.714. The fourth-order valence-electron chi connectivity index (χ4n) is 0.632. The van der Waals surface area contributed by atoms with Gasteiger partial charge in [-0.3, -0.25) is 4.79 Å². The maximum absolute atomic E-state index is 10.7. The molecule has 1 rings (SSSR count). The van der Waals surface area contributed by atoms with Crippen molar-refractivity contribution in [2.75, 3.05) is 0 Å². The SMILES string of the molecule is C[C](C(N)=O)c1nc(C)cs1. The molecule has 0 saturated carbocycles. The summed E-state index contributed by atoms with van der Waals surface area (Å²) in [6.45, 7) is 3.56. The number of carbonyl (C=O) groups is 1. The van der Waals surface area contributed by atoms with E-state index in [2.05, 4.69) is 4.98 Å². The number of primary amides is 1. The summed E-state index contributed by atoms with van der Waals surface area (Å²) in [7, 11) is 0. The summed E-state index contributed by atoms with van der Waals surface area (Å²) in [6, 6.07) is 0. The Hall–Kier alpha value is -0.900. The van der Waals surface area contributed by atoms with E-state index in [9.17, 15) is 4.79 Å². The molecule has 1 aromatic rings. The highest BCUT2D eigenvalue weighted by atomic mass is 32.1. The molecule has 1 amide bonds. The normalized spacial score (nSPS) is 10.5. The van der Waals surface area contributed by atoms with Crippen molar-refractivity contribution in [2.45, 2.75) is 13.8 Å². The number of nitrogens with two attached hydrogens (primary N) is 1. The van der Waals surface area contributed by atoms with Crippen molar-refractivity contribution in [3.63, 3.8) is 0 Å². The van der Waals surface area contributed by atoms with E-state index in [4.69, 9.17) is 5.73 Å². The van der Waals surface area contributed by atoms with Crippen molar-refractivity contribution in [3.8, 4) is 0 Å². The average molecular weight is 169 g/mol. The standard InChI is InChI=1S/C7H9N2OS/c1-4-3-11-7(9-4)5(2)6(8)10/h3H,1-2H3,(H2,8,10). The van der Waals surface area contributed by atoms with Gasteiger partial charge in [-0.15, -0.1) is 11.3 Å². The Morgan fingerprint density at radius 3 is 2.73 bits per heavy atom. The summed E-state index contributed by atoms with van der Waals surface area (Å²) in [5.74, 6) is 0.127. The van der Waals surface area contributed by atoms with Gasteiger partial charge in [-0.2, -0.15) is 0 Å². The number of hydrogen-bond donors (Lipinski definition) is 1. The van der Waals surface area contributed by atoms with E-state index in [1.165, 1.54) is 11.3 Å². The molecule has 0 saturated heterocycles. The van der Waals surface area contributed by atoms with E-state index in [0.29, 0.717) is 5.92 Å². The Morgan fingerprint density at radius 1 is 1.73 bits per heavy atom. The molecule has 3 nitrogen and oxygen atoms in total. The first kappa shape index (κ1) is 8.20. The fraction of sp³-hybridized carbons (Fsp3) is 0.286. The number of amides is 1. The molecule has 0 atom stereocenters. The van der Waals surface area contributed by atoms with Gasteiger partial charge < -0.3 is 5.73 Å². The third-order valence-electron chi connectivity index (χ3n) is 1.31. The second-order valence-corrected chi connectivity index (χ2v) is 3.14. The van der Waals surface area contributed by atoms with Gasteiger partial charge in [0, 0.05) is 11.1 Å². The van der Waals surface area contributed by atoms with Crippen LogP contribution in [0.2, 0.25) is 0 Å². The maximum atomic E-state index is 10.7. The highest BCUT2D eigenvalue weighted by Gasteiger charge is 2.15. The van der Waals surface area contributed by atoms with E-state index in [-0.39, 0.29) is 0 Å². The third kappa shape index (κ3) is 1.77. The average Bonchev–Trinajstić information content (AvgIpc) is 2.34. The Bertz CT molecular complexity index is 269. The zero-order valence-corrected chi connectivity index (χ0v) is 7.23. The summed E-state index contributed by atoms with van der Waals surface area (Å²) < 4.78 is 0. The van der Waals surface area contributed by atoms with E-state index in [1.807, 2.05) is 12.3 Å². The van der Waals surface area contributed by atoms with Crippen LogP contribution in [0.4, 0.5) is 0 Å². The van der Waals surface area contributed by atoms with Crippen LogP contribution in [0, 0.1) is 12.8 Å². The molecule has 0 fully saturated rings. The van der Waals surface area contributed by atoms with Crippen molar-refractivity contribution in [1.29, 1.82) is 0 Å². The lowest BCUT2D eigenvalue weighted by atomic mass is 10.2. The predicted molar refractivity (Wildman–Crippen MR) is 44.1 cm³/mol. The minimum absolute atomic E-state index is 0.403. The van der Waals surface area contributed by atoms with Gasteiger partial charge in [0.05, 0.1) is 0 Å². The number of nitrogens with zero attached hydrogens (tertiary/aromatic N) is 1. The van der Waals surface area contributed by atoms with E-state index < -0.39 is 5.91 Å². The van der Waals surface area contributed by atoms with Crippen LogP contribution in [0.15, 0.2) is 5.38 Å². The Kier molecular flexibility index (Phi) is 2.24.